The van der Waals surface area contributed by atoms with Crippen molar-refractivity contribution in [3.05, 3.63) is 0 Å². The topological polar surface area (TPSA) is 23.5 Å². The van der Waals surface area contributed by atoms with Crippen molar-refractivity contribution in [2.24, 2.45) is 0 Å². The van der Waals surface area contributed by atoms with Crippen LogP contribution in [0.3, 0.4) is 0 Å². The van der Waals surface area contributed by atoms with Crippen molar-refractivity contribution in [3.63, 3.8) is 0 Å². The first-order valence-corrected chi connectivity index (χ1v) is 6.79. The predicted octanol–water partition coefficient (Wildman–Crippen LogP) is 3.34. The van der Waals surface area contributed by atoms with Gasteiger partial charge >= 0.3 is 6.18 Å². The fraction of sp³-hybridized carbons (Fsp3) is 1.00. The summed E-state index contributed by atoms with van der Waals surface area (Å²) in [4.78, 5) is 2.16. The second kappa shape index (κ2) is 6.24. The second-order valence-corrected chi connectivity index (χ2v) is 5.43. The van der Waals surface area contributed by atoms with Crippen molar-refractivity contribution < 1.29 is 18.3 Å². The van der Waals surface area contributed by atoms with Crippen LogP contribution in [-0.2, 0) is 0 Å². The lowest BCUT2D eigenvalue weighted by atomic mass is 9.85. The Hall–Kier alpha value is -0.290. The molecule has 1 aliphatic heterocycles. The Morgan fingerprint density at radius 3 is 2.17 bits per heavy atom. The van der Waals surface area contributed by atoms with Gasteiger partial charge in [-0.15, -0.1) is 0 Å². The molecule has 108 valence electrons. The first-order chi connectivity index (χ1) is 8.29. The summed E-state index contributed by atoms with van der Waals surface area (Å²) >= 11 is 0. The van der Waals surface area contributed by atoms with E-state index in [1.54, 1.807) is 0 Å². The Balaban J connectivity index is 2.61. The number of aliphatic hydroxyl groups excluding tert-OH is 1. The van der Waals surface area contributed by atoms with Gasteiger partial charge in [0.25, 0.3) is 0 Å². The first kappa shape index (κ1) is 15.8. The van der Waals surface area contributed by atoms with Crippen LogP contribution in [0.1, 0.15) is 52.4 Å². The highest BCUT2D eigenvalue weighted by atomic mass is 19.4. The van der Waals surface area contributed by atoms with Crippen molar-refractivity contribution in [3.8, 4) is 0 Å². The summed E-state index contributed by atoms with van der Waals surface area (Å²) in [5, 5.41) is 10.1. The van der Waals surface area contributed by atoms with Gasteiger partial charge in [-0.1, -0.05) is 13.3 Å². The van der Waals surface area contributed by atoms with Crippen LogP contribution in [0.15, 0.2) is 0 Å². The molecule has 1 N–H and O–H groups in total. The maximum Gasteiger partial charge on any atom is 0.389 e. The molecule has 18 heavy (non-hydrogen) atoms. The Kier molecular flexibility index (Phi) is 5.46. The van der Waals surface area contributed by atoms with Crippen LogP contribution in [0, 0.1) is 0 Å². The smallest absolute Gasteiger partial charge is 0.389 e. The summed E-state index contributed by atoms with van der Waals surface area (Å²) in [6.45, 7) is 5.59. The molecule has 0 amide bonds. The van der Waals surface area contributed by atoms with E-state index in [-0.39, 0.29) is 6.42 Å². The van der Waals surface area contributed by atoms with E-state index in [1.807, 2.05) is 13.8 Å². The van der Waals surface area contributed by atoms with Gasteiger partial charge < -0.3 is 5.11 Å². The van der Waals surface area contributed by atoms with Crippen molar-refractivity contribution in [1.82, 2.24) is 4.90 Å². The van der Waals surface area contributed by atoms with E-state index in [9.17, 15) is 18.3 Å². The lowest BCUT2D eigenvalue weighted by Gasteiger charge is -2.46. The highest BCUT2D eigenvalue weighted by Crippen LogP contribution is 2.32. The summed E-state index contributed by atoms with van der Waals surface area (Å²) in [5.74, 6) is 0. The molecule has 0 radical (unpaired) electrons. The largest absolute Gasteiger partial charge is 0.391 e. The third kappa shape index (κ3) is 4.12. The van der Waals surface area contributed by atoms with E-state index in [1.165, 1.54) is 6.42 Å². The molecule has 1 saturated heterocycles. The molecule has 2 atom stereocenters. The van der Waals surface area contributed by atoms with Crippen LogP contribution in [-0.4, -0.2) is 40.9 Å². The molecule has 1 aliphatic rings. The zero-order valence-corrected chi connectivity index (χ0v) is 11.3. The molecule has 0 spiro atoms. The molecule has 0 aliphatic carbocycles. The average molecular weight is 267 g/mol. The van der Waals surface area contributed by atoms with Crippen LogP contribution in [0.25, 0.3) is 0 Å². The lowest BCUT2D eigenvalue weighted by molar-refractivity contribution is -0.146. The van der Waals surface area contributed by atoms with Gasteiger partial charge in [-0.3, -0.25) is 4.90 Å². The Morgan fingerprint density at radius 1 is 1.17 bits per heavy atom. The number of hydrogen-bond donors (Lipinski definition) is 1. The normalized spacial score (nSPS) is 23.7. The lowest BCUT2D eigenvalue weighted by Crippen LogP contribution is -2.56. The fourth-order valence-corrected chi connectivity index (χ4v) is 2.69. The SMILES string of the molecule is CCC(C)(C(O)CCC(F)(F)F)N1CCCCC1. The van der Waals surface area contributed by atoms with Gasteiger partial charge in [-0.25, -0.2) is 0 Å². The third-order valence-electron chi connectivity index (χ3n) is 4.21. The van der Waals surface area contributed by atoms with Gasteiger partial charge in [-0.05, 0) is 45.7 Å². The quantitative estimate of drug-likeness (QED) is 0.825. The van der Waals surface area contributed by atoms with E-state index in [2.05, 4.69) is 4.90 Å². The van der Waals surface area contributed by atoms with Crippen molar-refractivity contribution >= 4 is 0 Å². The van der Waals surface area contributed by atoms with Gasteiger partial charge in [0, 0.05) is 12.0 Å². The minimum absolute atomic E-state index is 0.204. The van der Waals surface area contributed by atoms with Crippen molar-refractivity contribution in [1.29, 1.82) is 0 Å². The molecule has 5 heteroatoms. The van der Waals surface area contributed by atoms with Crippen LogP contribution in [0.5, 0.6) is 0 Å². The molecule has 0 saturated carbocycles. The van der Waals surface area contributed by atoms with E-state index >= 15 is 0 Å². The average Bonchev–Trinajstić information content (AvgIpc) is 2.35. The number of nitrogens with zero attached hydrogens (tertiary/aromatic N) is 1. The molecular formula is C13H24F3NO. The zero-order valence-electron chi connectivity index (χ0n) is 11.3. The number of aliphatic hydroxyl groups is 1. The second-order valence-electron chi connectivity index (χ2n) is 5.43. The van der Waals surface area contributed by atoms with E-state index in [0.717, 1.165) is 25.9 Å². The summed E-state index contributed by atoms with van der Waals surface area (Å²) < 4.78 is 36.7. The summed E-state index contributed by atoms with van der Waals surface area (Å²) in [5.41, 5.74) is -0.522. The van der Waals surface area contributed by atoms with E-state index in [0.29, 0.717) is 6.42 Å². The predicted molar refractivity (Wildman–Crippen MR) is 65.4 cm³/mol. The first-order valence-electron chi connectivity index (χ1n) is 6.79. The summed E-state index contributed by atoms with van der Waals surface area (Å²) in [7, 11) is 0. The molecule has 0 aromatic rings. The molecule has 0 aromatic heterocycles. The van der Waals surface area contributed by atoms with E-state index < -0.39 is 24.2 Å². The number of likely N-dealkylation sites (tertiary alicyclic amines) is 1. The number of rotatable bonds is 5. The number of alkyl halides is 3. The Labute approximate surface area is 107 Å². The minimum atomic E-state index is -4.18. The fourth-order valence-electron chi connectivity index (χ4n) is 2.69. The standard InChI is InChI=1S/C13H24F3NO/c1-3-12(2,17-9-5-4-6-10-17)11(18)7-8-13(14,15)16/h11,18H,3-10H2,1-2H3. The highest BCUT2D eigenvalue weighted by molar-refractivity contribution is 4.93. The van der Waals surface area contributed by atoms with Gasteiger partial charge in [-0.2, -0.15) is 13.2 Å². The number of halogens is 3. The maximum atomic E-state index is 12.2. The maximum absolute atomic E-state index is 12.2. The van der Waals surface area contributed by atoms with Crippen LogP contribution in [0.4, 0.5) is 13.2 Å². The van der Waals surface area contributed by atoms with Crippen molar-refractivity contribution in [2.45, 2.75) is 70.2 Å². The molecule has 2 unspecified atom stereocenters. The van der Waals surface area contributed by atoms with Gasteiger partial charge in [0.05, 0.1) is 6.10 Å². The minimum Gasteiger partial charge on any atom is -0.391 e. The van der Waals surface area contributed by atoms with Crippen LogP contribution in [0.2, 0.25) is 0 Å². The molecular weight excluding hydrogens is 243 g/mol. The molecule has 1 heterocycles. The van der Waals surface area contributed by atoms with E-state index in [4.69, 9.17) is 0 Å². The molecule has 0 aromatic carbocycles. The van der Waals surface area contributed by atoms with Crippen molar-refractivity contribution in [2.75, 3.05) is 13.1 Å². The third-order valence-corrected chi connectivity index (χ3v) is 4.21. The Bertz CT molecular complexity index is 251. The van der Waals surface area contributed by atoms with Gasteiger partial charge in [0.1, 0.15) is 0 Å². The van der Waals surface area contributed by atoms with Gasteiger partial charge in [0.2, 0.25) is 0 Å². The number of hydrogen-bond acceptors (Lipinski definition) is 2. The summed E-state index contributed by atoms with van der Waals surface area (Å²) in [6.07, 6.45) is -2.22. The van der Waals surface area contributed by atoms with Gasteiger partial charge in [0.15, 0.2) is 0 Å². The highest BCUT2D eigenvalue weighted by Gasteiger charge is 2.39. The zero-order chi connectivity index (χ0) is 13.8. The van der Waals surface area contributed by atoms with Crippen LogP contribution >= 0.6 is 0 Å². The Morgan fingerprint density at radius 2 is 1.72 bits per heavy atom. The molecule has 1 fully saturated rings. The summed E-state index contributed by atoms with van der Waals surface area (Å²) in [6, 6.07) is 0. The monoisotopic (exact) mass is 267 g/mol. The molecule has 2 nitrogen and oxygen atoms in total. The number of piperidine rings is 1. The molecule has 1 rings (SSSR count). The molecule has 0 bridgehead atoms. The van der Waals surface area contributed by atoms with Crippen LogP contribution < -0.4 is 0 Å².